The van der Waals surface area contributed by atoms with Crippen molar-refractivity contribution in [2.24, 2.45) is 0 Å². The molecule has 1 fully saturated rings. The van der Waals surface area contributed by atoms with E-state index in [1.165, 1.54) is 10.9 Å². The lowest BCUT2D eigenvalue weighted by molar-refractivity contribution is -0.141. The van der Waals surface area contributed by atoms with Crippen LogP contribution in [0.25, 0.3) is 5.82 Å². The molecular weight excluding hydrogens is 371 g/mol. The molecule has 3 aromatic heterocycles. The molecule has 1 aliphatic carbocycles. The summed E-state index contributed by atoms with van der Waals surface area (Å²) in [5, 5.41) is 6.41. The molecule has 0 bridgehead atoms. The van der Waals surface area contributed by atoms with E-state index in [1.54, 1.807) is 36.7 Å². The fraction of sp³-hybridized carbons (Fsp3) is 0.263. The zero-order chi connectivity index (χ0) is 19.7. The van der Waals surface area contributed by atoms with Gasteiger partial charge in [0.1, 0.15) is 0 Å². The highest BCUT2D eigenvalue weighted by Gasteiger charge is 2.38. The first-order valence-corrected chi connectivity index (χ1v) is 8.72. The van der Waals surface area contributed by atoms with Crippen molar-refractivity contribution in [1.29, 1.82) is 0 Å². The van der Waals surface area contributed by atoms with Gasteiger partial charge in [-0.3, -0.25) is 9.78 Å². The predicted octanol–water partition coefficient (Wildman–Crippen LogP) is 3.74. The molecule has 0 saturated heterocycles. The maximum atomic E-state index is 13.0. The van der Waals surface area contributed by atoms with Crippen LogP contribution >= 0.6 is 0 Å². The second-order valence-corrected chi connectivity index (χ2v) is 6.62. The molecule has 0 aromatic carbocycles. The largest absolute Gasteiger partial charge is 0.435 e. The number of aromatic nitrogens is 4. The summed E-state index contributed by atoms with van der Waals surface area (Å²) >= 11 is 0. The summed E-state index contributed by atoms with van der Waals surface area (Å²) in [6.45, 7) is 0. The van der Waals surface area contributed by atoms with Crippen molar-refractivity contribution in [3.63, 3.8) is 0 Å². The molecule has 144 valence electrons. The van der Waals surface area contributed by atoms with Crippen LogP contribution in [0.1, 0.15) is 35.7 Å². The van der Waals surface area contributed by atoms with E-state index in [0.29, 0.717) is 11.4 Å². The van der Waals surface area contributed by atoms with E-state index in [0.717, 1.165) is 24.5 Å². The van der Waals surface area contributed by atoms with Gasteiger partial charge >= 0.3 is 6.18 Å². The topological polar surface area (TPSA) is 72.7 Å². The highest BCUT2D eigenvalue weighted by molar-refractivity contribution is 5.92. The average Bonchev–Trinajstić information content (AvgIpc) is 3.40. The van der Waals surface area contributed by atoms with Crippen molar-refractivity contribution in [2.45, 2.75) is 31.4 Å². The molecule has 0 atom stereocenters. The summed E-state index contributed by atoms with van der Waals surface area (Å²) in [6, 6.07) is 7.72. The summed E-state index contributed by atoms with van der Waals surface area (Å²) in [7, 11) is 0. The van der Waals surface area contributed by atoms with E-state index in [1.807, 2.05) is 0 Å². The van der Waals surface area contributed by atoms with Gasteiger partial charge < -0.3 is 5.32 Å². The number of nitrogens with zero attached hydrogens (tertiary/aromatic N) is 4. The van der Waals surface area contributed by atoms with Crippen molar-refractivity contribution in [3.8, 4) is 5.82 Å². The minimum absolute atomic E-state index is 0.0742. The molecule has 0 unspecified atom stereocenters. The molecule has 0 spiro atoms. The van der Waals surface area contributed by atoms with E-state index in [9.17, 15) is 18.0 Å². The summed E-state index contributed by atoms with van der Waals surface area (Å²) in [5.74, 6) is 0.132. The number of rotatable bonds is 5. The van der Waals surface area contributed by atoms with Gasteiger partial charge in [-0.1, -0.05) is 0 Å². The first-order valence-electron chi connectivity index (χ1n) is 8.72. The molecule has 1 amide bonds. The Bertz CT molecular complexity index is 979. The van der Waals surface area contributed by atoms with Gasteiger partial charge in [-0.2, -0.15) is 18.3 Å². The first-order chi connectivity index (χ1) is 13.4. The smallest absolute Gasteiger partial charge is 0.324 e. The van der Waals surface area contributed by atoms with Crippen LogP contribution in [-0.2, 0) is 17.4 Å². The Balaban J connectivity index is 1.50. The Morgan fingerprint density at radius 2 is 1.93 bits per heavy atom. The second-order valence-electron chi connectivity index (χ2n) is 6.62. The highest BCUT2D eigenvalue weighted by atomic mass is 19.4. The summed E-state index contributed by atoms with van der Waals surface area (Å²) < 4.78 is 40.3. The van der Waals surface area contributed by atoms with E-state index in [-0.39, 0.29) is 24.1 Å². The minimum Gasteiger partial charge on any atom is -0.324 e. The number of hydrogen-bond donors (Lipinski definition) is 1. The number of alkyl halides is 3. The van der Waals surface area contributed by atoms with Crippen LogP contribution in [0.5, 0.6) is 0 Å². The lowest BCUT2D eigenvalue weighted by Gasteiger charge is -2.08. The van der Waals surface area contributed by atoms with Crippen LogP contribution in [0.15, 0.2) is 48.9 Å². The van der Waals surface area contributed by atoms with Crippen molar-refractivity contribution >= 4 is 11.6 Å². The SMILES string of the molecule is O=C(Cc1ccncc1)Nc1ccc(-n2nc(C(F)(F)F)cc2C2CC2)nc1. The summed E-state index contributed by atoms with van der Waals surface area (Å²) in [4.78, 5) is 20.2. The standard InChI is InChI=1S/C19H16F3N5O/c20-19(21,22)16-10-15(13-1-2-13)27(26-16)17-4-3-14(11-24-17)25-18(28)9-12-5-7-23-8-6-12/h3-8,10-11,13H,1-2,9H2,(H,25,28). The Hall–Kier alpha value is -3.23. The van der Waals surface area contributed by atoms with Gasteiger partial charge in [-0.05, 0) is 48.7 Å². The van der Waals surface area contributed by atoms with Gasteiger partial charge in [0.15, 0.2) is 11.5 Å². The number of pyridine rings is 2. The fourth-order valence-electron chi connectivity index (χ4n) is 2.86. The Kier molecular flexibility index (Phi) is 4.58. The highest BCUT2D eigenvalue weighted by Crippen LogP contribution is 2.42. The van der Waals surface area contributed by atoms with Gasteiger partial charge in [0, 0.05) is 24.0 Å². The molecule has 1 N–H and O–H groups in total. The van der Waals surface area contributed by atoms with E-state index >= 15 is 0 Å². The lowest BCUT2D eigenvalue weighted by atomic mass is 10.2. The van der Waals surface area contributed by atoms with Crippen LogP contribution in [0, 0.1) is 0 Å². The van der Waals surface area contributed by atoms with Gasteiger partial charge in [-0.25, -0.2) is 9.67 Å². The second kappa shape index (κ2) is 7.06. The number of amides is 1. The molecule has 6 nitrogen and oxygen atoms in total. The molecule has 1 aliphatic rings. The Morgan fingerprint density at radius 1 is 1.18 bits per heavy atom. The van der Waals surface area contributed by atoms with Crippen LogP contribution in [0.2, 0.25) is 0 Å². The van der Waals surface area contributed by atoms with Crippen LogP contribution in [0.4, 0.5) is 18.9 Å². The maximum absolute atomic E-state index is 13.0. The van der Waals surface area contributed by atoms with Crippen LogP contribution < -0.4 is 5.32 Å². The molecule has 0 radical (unpaired) electrons. The number of carbonyl (C=O) groups excluding carboxylic acids is 1. The monoisotopic (exact) mass is 387 g/mol. The first kappa shape index (κ1) is 18.1. The summed E-state index contributed by atoms with van der Waals surface area (Å²) in [5.41, 5.74) is 0.863. The molecular formula is C19H16F3N5O. The van der Waals surface area contributed by atoms with Gasteiger partial charge in [0.05, 0.1) is 18.3 Å². The molecule has 0 aliphatic heterocycles. The molecule has 3 heterocycles. The third-order valence-electron chi connectivity index (χ3n) is 4.39. The number of anilines is 1. The van der Waals surface area contributed by atoms with Crippen molar-refractivity contribution < 1.29 is 18.0 Å². The zero-order valence-corrected chi connectivity index (χ0v) is 14.6. The average molecular weight is 387 g/mol. The van der Waals surface area contributed by atoms with E-state index in [4.69, 9.17) is 0 Å². The third kappa shape index (κ3) is 4.03. The molecule has 9 heteroatoms. The Morgan fingerprint density at radius 3 is 2.54 bits per heavy atom. The van der Waals surface area contributed by atoms with Crippen LogP contribution in [0.3, 0.4) is 0 Å². The minimum atomic E-state index is -4.50. The van der Waals surface area contributed by atoms with Gasteiger partial charge in [-0.15, -0.1) is 0 Å². The van der Waals surface area contributed by atoms with Crippen molar-refractivity contribution in [2.75, 3.05) is 5.32 Å². The predicted molar refractivity (Wildman–Crippen MR) is 94.9 cm³/mol. The summed E-state index contributed by atoms with van der Waals surface area (Å²) in [6.07, 6.45) is 1.98. The molecule has 3 aromatic rings. The Labute approximate surface area is 158 Å². The van der Waals surface area contributed by atoms with Gasteiger partial charge in [0.25, 0.3) is 0 Å². The van der Waals surface area contributed by atoms with E-state index < -0.39 is 11.9 Å². The molecule has 1 saturated carbocycles. The normalized spacial score (nSPS) is 14.1. The number of hydrogen-bond acceptors (Lipinski definition) is 4. The lowest BCUT2D eigenvalue weighted by Crippen LogP contribution is -2.15. The van der Waals surface area contributed by atoms with E-state index in [2.05, 4.69) is 20.4 Å². The van der Waals surface area contributed by atoms with Crippen LogP contribution in [-0.4, -0.2) is 25.7 Å². The van der Waals surface area contributed by atoms with Crippen molar-refractivity contribution in [3.05, 3.63) is 65.9 Å². The number of halogens is 3. The quantitative estimate of drug-likeness (QED) is 0.724. The van der Waals surface area contributed by atoms with Crippen molar-refractivity contribution in [1.82, 2.24) is 19.7 Å². The number of carbonyl (C=O) groups is 1. The van der Waals surface area contributed by atoms with Gasteiger partial charge in [0.2, 0.25) is 5.91 Å². The maximum Gasteiger partial charge on any atom is 0.435 e. The third-order valence-corrected chi connectivity index (χ3v) is 4.39. The fourth-order valence-corrected chi connectivity index (χ4v) is 2.86. The molecule has 28 heavy (non-hydrogen) atoms. The zero-order valence-electron chi connectivity index (χ0n) is 14.6. The molecule has 4 rings (SSSR count). The number of nitrogens with one attached hydrogen (secondary N) is 1.